The Morgan fingerprint density at radius 2 is 1.58 bits per heavy atom. The van der Waals surface area contributed by atoms with Crippen molar-refractivity contribution in [3.8, 4) is 0 Å². The molecular weight excluding hydrogens is 477 g/mol. The largest absolute Gasteiger partial charge is 0.417 e. The van der Waals surface area contributed by atoms with Crippen molar-refractivity contribution in [1.29, 1.82) is 0 Å². The van der Waals surface area contributed by atoms with E-state index in [0.717, 1.165) is 9.87 Å². The van der Waals surface area contributed by atoms with Gasteiger partial charge in [-0.1, -0.05) is 0 Å². The first kappa shape index (κ1) is 23.6. The van der Waals surface area contributed by atoms with Gasteiger partial charge in [0.15, 0.2) is 0 Å². The molecule has 3 aromatic rings. The van der Waals surface area contributed by atoms with Crippen LogP contribution in [0.3, 0.4) is 0 Å². The number of benzene rings is 2. The Kier molecular flexibility index (Phi) is 5.72. The second-order valence-corrected chi connectivity index (χ2v) is 9.73. The lowest BCUT2D eigenvalue weighted by Crippen LogP contribution is -2.38. The zero-order valence-corrected chi connectivity index (χ0v) is 17.6. The SMILES string of the molecule is O=S(=O)(c1cc(C(F)(F)F)ccc1C(F)(F)F)N1CCC(c2c[nH]c3ccc(F)cc23)CC1. The minimum absolute atomic E-state index is 0.0344. The Labute approximate surface area is 184 Å². The monoisotopic (exact) mass is 494 g/mol. The Morgan fingerprint density at radius 1 is 0.909 bits per heavy atom. The van der Waals surface area contributed by atoms with Gasteiger partial charge >= 0.3 is 12.4 Å². The number of H-pyrrole nitrogens is 1. The van der Waals surface area contributed by atoms with Crippen LogP contribution in [0.5, 0.6) is 0 Å². The summed E-state index contributed by atoms with van der Waals surface area (Å²) in [6, 6.07) is 4.56. The molecule has 0 saturated carbocycles. The van der Waals surface area contributed by atoms with Gasteiger partial charge in [-0.25, -0.2) is 12.8 Å². The number of nitrogens with zero attached hydrogens (tertiary/aromatic N) is 1. The number of hydrogen-bond acceptors (Lipinski definition) is 2. The third-order valence-electron chi connectivity index (χ3n) is 5.80. The summed E-state index contributed by atoms with van der Waals surface area (Å²) >= 11 is 0. The fourth-order valence-corrected chi connectivity index (χ4v) is 5.85. The van der Waals surface area contributed by atoms with E-state index in [1.807, 2.05) is 0 Å². The van der Waals surface area contributed by atoms with Crippen LogP contribution in [0.1, 0.15) is 35.4 Å². The minimum atomic E-state index is -5.15. The van der Waals surface area contributed by atoms with E-state index in [9.17, 15) is 39.2 Å². The lowest BCUT2D eigenvalue weighted by atomic mass is 9.90. The van der Waals surface area contributed by atoms with Gasteiger partial charge in [0.05, 0.1) is 16.0 Å². The highest BCUT2D eigenvalue weighted by molar-refractivity contribution is 7.89. The molecule has 0 unspecified atom stereocenters. The second-order valence-electron chi connectivity index (χ2n) is 7.82. The number of hydrogen-bond donors (Lipinski definition) is 1. The molecule has 4 nitrogen and oxygen atoms in total. The van der Waals surface area contributed by atoms with E-state index < -0.39 is 44.2 Å². The van der Waals surface area contributed by atoms with Crippen molar-refractivity contribution >= 4 is 20.9 Å². The predicted octanol–water partition coefficient (Wildman–Crippen LogP) is 5.91. The molecule has 2 heterocycles. The van der Waals surface area contributed by atoms with Crippen LogP contribution in [0.4, 0.5) is 30.7 Å². The van der Waals surface area contributed by atoms with Crippen LogP contribution in [0, 0.1) is 5.82 Å². The van der Waals surface area contributed by atoms with Gasteiger partial charge in [-0.3, -0.25) is 0 Å². The fourth-order valence-electron chi connectivity index (χ4n) is 4.14. The number of aromatic nitrogens is 1. The molecule has 0 atom stereocenters. The van der Waals surface area contributed by atoms with Crippen molar-refractivity contribution < 1.29 is 39.2 Å². The molecule has 1 aliphatic heterocycles. The van der Waals surface area contributed by atoms with Crippen LogP contribution in [-0.2, 0) is 22.4 Å². The Morgan fingerprint density at radius 3 is 2.18 bits per heavy atom. The highest BCUT2D eigenvalue weighted by Gasteiger charge is 2.42. The lowest BCUT2D eigenvalue weighted by molar-refractivity contribution is -0.143. The maximum absolute atomic E-state index is 13.6. The molecule has 12 heteroatoms. The van der Waals surface area contributed by atoms with Gasteiger partial charge in [-0.05, 0) is 60.7 Å². The number of sulfonamides is 1. The first-order chi connectivity index (χ1) is 15.3. The van der Waals surface area contributed by atoms with Crippen molar-refractivity contribution in [3.05, 3.63) is 65.1 Å². The second kappa shape index (κ2) is 8.01. The molecule has 1 N–H and O–H groups in total. The van der Waals surface area contributed by atoms with Crippen molar-refractivity contribution in [3.63, 3.8) is 0 Å². The maximum atomic E-state index is 13.6. The highest BCUT2D eigenvalue weighted by Crippen LogP contribution is 2.41. The molecule has 1 aliphatic rings. The zero-order chi connectivity index (χ0) is 24.2. The summed E-state index contributed by atoms with van der Waals surface area (Å²) in [5.41, 5.74) is -1.70. The summed E-state index contributed by atoms with van der Waals surface area (Å²) in [4.78, 5) is 1.58. The molecule has 0 amide bonds. The van der Waals surface area contributed by atoms with Crippen LogP contribution < -0.4 is 0 Å². The molecule has 1 fully saturated rings. The van der Waals surface area contributed by atoms with Crippen LogP contribution in [0.25, 0.3) is 10.9 Å². The molecule has 1 aromatic heterocycles. The first-order valence-corrected chi connectivity index (χ1v) is 11.3. The number of halogens is 7. The van der Waals surface area contributed by atoms with E-state index in [0.29, 0.717) is 10.9 Å². The van der Waals surface area contributed by atoms with Crippen molar-refractivity contribution in [1.82, 2.24) is 9.29 Å². The molecule has 33 heavy (non-hydrogen) atoms. The molecule has 0 radical (unpaired) electrons. The van der Waals surface area contributed by atoms with Crippen LogP contribution >= 0.6 is 0 Å². The van der Waals surface area contributed by atoms with Crippen LogP contribution in [-0.4, -0.2) is 30.8 Å². The normalized spacial score (nSPS) is 17.1. The molecule has 2 aromatic carbocycles. The molecule has 1 saturated heterocycles. The topological polar surface area (TPSA) is 53.2 Å². The number of alkyl halides is 6. The van der Waals surface area contributed by atoms with Gasteiger partial charge in [0, 0.05) is 30.2 Å². The van der Waals surface area contributed by atoms with Gasteiger partial charge in [0.25, 0.3) is 0 Å². The van der Waals surface area contributed by atoms with E-state index in [2.05, 4.69) is 4.98 Å². The fraction of sp³-hybridized carbons (Fsp3) is 0.333. The lowest BCUT2D eigenvalue weighted by Gasteiger charge is -2.32. The average molecular weight is 494 g/mol. The van der Waals surface area contributed by atoms with E-state index >= 15 is 0 Å². The predicted molar refractivity (Wildman–Crippen MR) is 105 cm³/mol. The van der Waals surface area contributed by atoms with Gasteiger partial charge in [0.2, 0.25) is 10.0 Å². The van der Waals surface area contributed by atoms with Crippen molar-refractivity contribution in [2.45, 2.75) is 36.0 Å². The molecule has 4 rings (SSSR count). The van der Waals surface area contributed by atoms with Crippen LogP contribution in [0.2, 0.25) is 0 Å². The van der Waals surface area contributed by atoms with Crippen molar-refractivity contribution in [2.24, 2.45) is 0 Å². The van der Waals surface area contributed by atoms with Gasteiger partial charge in [-0.2, -0.15) is 30.6 Å². The standard InChI is InChI=1S/C21H17F7N2O2S/c22-14-2-4-18-15(10-14)16(11-29-18)12-5-7-30(8-6-12)33(31,32)19-9-13(20(23,24)25)1-3-17(19)21(26,27)28/h1-4,9-12,29H,5-8H2. The summed E-state index contributed by atoms with van der Waals surface area (Å²) in [7, 11) is -4.85. The van der Waals surface area contributed by atoms with E-state index in [1.54, 1.807) is 12.3 Å². The van der Waals surface area contributed by atoms with Crippen LogP contribution in [0.15, 0.2) is 47.5 Å². The van der Waals surface area contributed by atoms with Gasteiger partial charge in [-0.15, -0.1) is 0 Å². The quantitative estimate of drug-likeness (QED) is 0.460. The average Bonchev–Trinajstić information content (AvgIpc) is 3.15. The van der Waals surface area contributed by atoms with Crippen molar-refractivity contribution in [2.75, 3.05) is 13.1 Å². The zero-order valence-electron chi connectivity index (χ0n) is 16.8. The number of piperidine rings is 1. The van der Waals surface area contributed by atoms with E-state index in [-0.39, 0.29) is 50.0 Å². The molecular formula is C21H17F7N2O2S. The Hall–Kier alpha value is -2.60. The smallest absolute Gasteiger partial charge is 0.361 e. The summed E-state index contributed by atoms with van der Waals surface area (Å²) in [5, 5.41) is 0.619. The van der Waals surface area contributed by atoms with Gasteiger partial charge < -0.3 is 4.98 Å². The third kappa shape index (κ3) is 4.45. The third-order valence-corrected chi connectivity index (χ3v) is 7.74. The summed E-state index contributed by atoms with van der Waals surface area (Å²) in [6.07, 6.45) is -8.06. The number of fused-ring (bicyclic) bond motifs is 1. The highest BCUT2D eigenvalue weighted by atomic mass is 32.2. The Bertz CT molecular complexity index is 1290. The van der Waals surface area contributed by atoms with E-state index in [1.165, 1.54) is 12.1 Å². The minimum Gasteiger partial charge on any atom is -0.361 e. The molecule has 0 aliphatic carbocycles. The first-order valence-electron chi connectivity index (χ1n) is 9.83. The molecule has 0 spiro atoms. The van der Waals surface area contributed by atoms with Gasteiger partial charge in [0.1, 0.15) is 5.82 Å². The van der Waals surface area contributed by atoms with E-state index in [4.69, 9.17) is 0 Å². The summed E-state index contributed by atoms with van der Waals surface area (Å²) in [5.74, 6) is -0.650. The molecule has 178 valence electrons. The molecule has 0 bridgehead atoms. The Balaban J connectivity index is 1.63. The summed E-state index contributed by atoms with van der Waals surface area (Å²) in [6.45, 7) is -0.384. The number of rotatable bonds is 3. The number of aromatic amines is 1. The maximum Gasteiger partial charge on any atom is 0.417 e. The number of nitrogens with one attached hydrogen (secondary N) is 1. The summed E-state index contributed by atoms with van der Waals surface area (Å²) < 4.78 is 120.